The first kappa shape index (κ1) is 41.0. The normalized spacial score (nSPS) is 11.5. The van der Waals surface area contributed by atoms with Crippen molar-refractivity contribution in [3.8, 4) is 0 Å². The Morgan fingerprint density at radius 3 is 1.35 bits per heavy atom. The van der Waals surface area contributed by atoms with E-state index >= 15 is 0 Å². The van der Waals surface area contributed by atoms with E-state index in [0.29, 0.717) is 33.6 Å². The molecule has 0 atom stereocenters. The fourth-order valence-electron chi connectivity index (χ4n) is 4.72. The van der Waals surface area contributed by atoms with Gasteiger partial charge in [0.05, 0.1) is 41.3 Å². The van der Waals surface area contributed by atoms with Crippen LogP contribution in [0, 0.1) is 0 Å². The third-order valence-corrected chi connectivity index (χ3v) is 7.54. The Morgan fingerprint density at radius 2 is 1.00 bits per heavy atom. The molecule has 0 saturated carbocycles. The summed E-state index contributed by atoms with van der Waals surface area (Å²) in [4.78, 5) is 82.5. The van der Waals surface area contributed by atoms with Crippen molar-refractivity contribution < 1.29 is 57.2 Å². The number of methoxy groups -OCH3 is 4. The molecular weight excluding hydrogens is 832 g/mol. The van der Waals surface area contributed by atoms with Crippen molar-refractivity contribution in [3.63, 3.8) is 0 Å². The predicted octanol–water partition coefficient (Wildman–Crippen LogP) is 4.53. The summed E-state index contributed by atoms with van der Waals surface area (Å²) in [6, 6.07) is 0. The number of H-pyrrole nitrogens is 2. The summed E-state index contributed by atoms with van der Waals surface area (Å²) < 4.78 is 29.6. The minimum Gasteiger partial charge on any atom is -0.469 e. The van der Waals surface area contributed by atoms with E-state index in [9.17, 15) is 28.8 Å². The topological polar surface area (TPSA) is 189 Å². The quantitative estimate of drug-likeness (QED) is 0.145. The lowest BCUT2D eigenvalue weighted by molar-refractivity contribution is -0.141. The summed E-state index contributed by atoms with van der Waals surface area (Å²) in [5.41, 5.74) is 1.13. The number of aromatic nitrogens is 2. The Morgan fingerprint density at radius 1 is 0.604 bits per heavy atom. The van der Waals surface area contributed by atoms with Crippen LogP contribution in [0.4, 0.5) is 0 Å². The Labute approximate surface area is 303 Å². The van der Waals surface area contributed by atoms with E-state index in [1.54, 1.807) is 20.8 Å². The first-order chi connectivity index (χ1) is 22.3. The average molecular weight is 871 g/mol. The number of nitrogens with one attached hydrogen (secondary N) is 2. The average Bonchev–Trinajstić information content (AvgIpc) is 3.52. The number of ether oxygens (including phenoxy) is 6. The van der Waals surface area contributed by atoms with Crippen LogP contribution in [0.25, 0.3) is 0 Å². The van der Waals surface area contributed by atoms with Gasteiger partial charge in [0.2, 0.25) is 0 Å². The fraction of sp³-hybridized carbons (Fsp3) is 0.548. The largest absolute Gasteiger partial charge is 0.469 e. The van der Waals surface area contributed by atoms with Crippen molar-refractivity contribution in [3.05, 3.63) is 45.0 Å². The van der Waals surface area contributed by atoms with Crippen LogP contribution in [0.3, 0.4) is 0 Å². The van der Waals surface area contributed by atoms with Crippen LogP contribution < -0.4 is 0 Å². The maximum absolute atomic E-state index is 13.4. The van der Waals surface area contributed by atoms with Crippen molar-refractivity contribution in [1.82, 2.24) is 9.97 Å². The highest BCUT2D eigenvalue weighted by atomic mass is 80.0. The Bertz CT molecular complexity index is 1520. The molecule has 0 amide bonds. The molecule has 0 aliphatic carbocycles. The van der Waals surface area contributed by atoms with Gasteiger partial charge in [0.15, 0.2) is 2.14 Å². The van der Waals surface area contributed by atoms with Crippen molar-refractivity contribution in [2.75, 3.05) is 35.0 Å². The molecule has 0 aliphatic rings. The molecule has 0 fully saturated rings. The number of alkyl halides is 3. The van der Waals surface area contributed by atoms with E-state index in [2.05, 4.69) is 57.8 Å². The van der Waals surface area contributed by atoms with Crippen LogP contribution in [0.5, 0.6) is 0 Å². The summed E-state index contributed by atoms with van der Waals surface area (Å²) in [6.45, 7) is 4.91. The summed E-state index contributed by atoms with van der Waals surface area (Å²) in [5.74, 6) is -3.87. The number of halogens is 3. The Balaban J connectivity index is 2.86. The number of esters is 6. The molecule has 2 aromatic heterocycles. The second-order valence-corrected chi connectivity index (χ2v) is 18.7. The minimum absolute atomic E-state index is 0.00467. The highest BCUT2D eigenvalue weighted by Gasteiger charge is 2.31. The molecule has 0 unspecified atom stereocenters. The van der Waals surface area contributed by atoms with Crippen molar-refractivity contribution in [2.45, 2.75) is 73.5 Å². The molecule has 0 radical (unpaired) electrons. The molecule has 48 heavy (non-hydrogen) atoms. The maximum atomic E-state index is 13.4. The first-order valence-electron chi connectivity index (χ1n) is 14.5. The van der Waals surface area contributed by atoms with Crippen LogP contribution in [0.15, 0.2) is 0 Å². The third-order valence-electron chi connectivity index (χ3n) is 6.85. The molecule has 266 valence electrons. The van der Waals surface area contributed by atoms with Gasteiger partial charge in [0, 0.05) is 30.7 Å². The summed E-state index contributed by atoms with van der Waals surface area (Å²) in [6.07, 6.45) is -0.899. The van der Waals surface area contributed by atoms with Gasteiger partial charge in [-0.15, -0.1) is 0 Å². The number of hydrogen-bond acceptors (Lipinski definition) is 12. The van der Waals surface area contributed by atoms with E-state index in [4.69, 9.17) is 28.4 Å². The van der Waals surface area contributed by atoms with Crippen LogP contribution in [-0.4, -0.2) is 88.6 Å². The fourth-order valence-corrected chi connectivity index (χ4v) is 5.06. The lowest BCUT2D eigenvalue weighted by Gasteiger charge is -2.19. The zero-order chi connectivity index (χ0) is 36.4. The maximum Gasteiger partial charge on any atom is 0.355 e. The van der Waals surface area contributed by atoms with Gasteiger partial charge in [-0.2, -0.15) is 0 Å². The highest BCUT2D eigenvalue weighted by Crippen LogP contribution is 2.34. The van der Waals surface area contributed by atoms with E-state index < -0.39 is 43.6 Å². The monoisotopic (exact) mass is 868 g/mol. The molecule has 0 aromatic carbocycles. The van der Waals surface area contributed by atoms with Crippen LogP contribution in [0.2, 0.25) is 0 Å². The number of rotatable bonds is 15. The lowest BCUT2D eigenvalue weighted by Crippen LogP contribution is -2.25. The Hall–Kier alpha value is -3.18. The van der Waals surface area contributed by atoms with E-state index in [1.165, 1.54) is 28.4 Å². The van der Waals surface area contributed by atoms with Crippen LogP contribution in [-0.2, 0) is 79.7 Å². The van der Waals surface area contributed by atoms with Crippen molar-refractivity contribution in [1.29, 1.82) is 0 Å². The summed E-state index contributed by atoms with van der Waals surface area (Å²) in [5, 5.41) is 0. The SMILES string of the molecule is COC(=O)CCc1c(C(=O)OCC(Br)(Br)Br)[nH]c(Cc2[nH]c(C(=O)OC(C)(C)C)c(CCC(=O)OC)c2CC(=O)OC)c1CC(=O)OC. The van der Waals surface area contributed by atoms with E-state index in [0.717, 1.165) is 0 Å². The van der Waals surface area contributed by atoms with Gasteiger partial charge in [0.25, 0.3) is 0 Å². The van der Waals surface area contributed by atoms with Crippen LogP contribution in [0.1, 0.15) is 88.2 Å². The molecule has 0 bridgehead atoms. The summed E-state index contributed by atoms with van der Waals surface area (Å²) in [7, 11) is 4.88. The second kappa shape index (κ2) is 18.0. The van der Waals surface area contributed by atoms with E-state index in [1.807, 2.05) is 0 Å². The number of aromatic amines is 2. The molecule has 2 aromatic rings. The molecule has 2 N–H and O–H groups in total. The van der Waals surface area contributed by atoms with Crippen molar-refractivity contribution in [2.24, 2.45) is 0 Å². The van der Waals surface area contributed by atoms with Gasteiger partial charge in [-0.3, -0.25) is 19.2 Å². The molecule has 0 aliphatic heterocycles. The first-order valence-corrected chi connectivity index (χ1v) is 16.9. The smallest absolute Gasteiger partial charge is 0.355 e. The predicted molar refractivity (Wildman–Crippen MR) is 181 cm³/mol. The summed E-state index contributed by atoms with van der Waals surface area (Å²) >= 11 is 9.83. The van der Waals surface area contributed by atoms with Gasteiger partial charge >= 0.3 is 35.8 Å². The zero-order valence-corrected chi connectivity index (χ0v) is 32.4. The van der Waals surface area contributed by atoms with Gasteiger partial charge < -0.3 is 38.4 Å². The standard InChI is InChI=1S/C31H39Br3N2O12/c1-30(2,3)48-29(42)27-17(9-11-23(38)44-5)19(13-25(40)46-7)21(36-27)14-20-18(12-24(39)45-6)16(8-10-22(37)43-4)26(35-20)28(41)47-15-31(32,33)34/h35-36H,8-15H2,1-7H3. The number of hydrogen-bond donors (Lipinski definition) is 2. The molecular formula is C31H39Br3N2O12. The molecule has 17 heteroatoms. The molecule has 14 nitrogen and oxygen atoms in total. The number of carbonyl (C=O) groups excluding carboxylic acids is 6. The Kier molecular flexibility index (Phi) is 15.4. The van der Waals surface area contributed by atoms with Gasteiger partial charge in [0.1, 0.15) is 23.6 Å². The van der Waals surface area contributed by atoms with Gasteiger partial charge in [-0.25, -0.2) is 9.59 Å². The highest BCUT2D eigenvalue weighted by molar-refractivity contribution is 9.39. The minimum atomic E-state index is -0.912. The molecule has 0 spiro atoms. The zero-order valence-electron chi connectivity index (χ0n) is 27.7. The molecule has 2 heterocycles. The van der Waals surface area contributed by atoms with Gasteiger partial charge in [-0.1, -0.05) is 47.8 Å². The third kappa shape index (κ3) is 12.4. The van der Waals surface area contributed by atoms with E-state index in [-0.39, 0.29) is 62.9 Å². The lowest BCUT2D eigenvalue weighted by atomic mass is 9.96. The molecule has 2 rings (SSSR count). The van der Waals surface area contributed by atoms with Crippen LogP contribution >= 0.6 is 47.8 Å². The molecule has 0 saturated heterocycles. The second-order valence-electron chi connectivity index (χ2n) is 11.4. The van der Waals surface area contributed by atoms with Gasteiger partial charge in [-0.05, 0) is 55.9 Å². The van der Waals surface area contributed by atoms with Crippen molar-refractivity contribution >= 4 is 83.6 Å². The number of carbonyl (C=O) groups is 6.